The third kappa shape index (κ3) is 4.12. The minimum Gasteiger partial charge on any atom is -0.490 e. The SMILES string of the molecule is O=C(Nc1ccc2[nH]ncc2c1)c1ccccc1OCCOc1ccccc1. The van der Waals surface area contributed by atoms with E-state index in [0.717, 1.165) is 16.7 Å². The third-order valence-corrected chi connectivity index (χ3v) is 4.18. The number of para-hydroxylation sites is 2. The fraction of sp³-hybridized carbons (Fsp3) is 0.0909. The first-order chi connectivity index (χ1) is 13.8. The molecule has 0 radical (unpaired) electrons. The number of benzene rings is 3. The number of carbonyl (C=O) groups is 1. The highest BCUT2D eigenvalue weighted by Crippen LogP contribution is 2.22. The maximum absolute atomic E-state index is 12.7. The molecule has 0 aliphatic heterocycles. The summed E-state index contributed by atoms with van der Waals surface area (Å²) in [5.74, 6) is 1.07. The van der Waals surface area contributed by atoms with E-state index in [4.69, 9.17) is 9.47 Å². The Bertz CT molecular complexity index is 1080. The predicted octanol–water partition coefficient (Wildman–Crippen LogP) is 4.27. The highest BCUT2D eigenvalue weighted by atomic mass is 16.5. The van der Waals surface area contributed by atoms with Gasteiger partial charge in [0, 0.05) is 11.1 Å². The molecule has 0 saturated heterocycles. The van der Waals surface area contributed by atoms with E-state index in [0.29, 0.717) is 30.2 Å². The van der Waals surface area contributed by atoms with Crippen LogP contribution in [0.3, 0.4) is 0 Å². The van der Waals surface area contributed by atoms with Gasteiger partial charge in [0.2, 0.25) is 0 Å². The van der Waals surface area contributed by atoms with Crippen molar-refractivity contribution in [1.29, 1.82) is 0 Å². The normalized spacial score (nSPS) is 10.6. The van der Waals surface area contributed by atoms with Crippen LogP contribution in [0.1, 0.15) is 10.4 Å². The maximum atomic E-state index is 12.7. The highest BCUT2D eigenvalue weighted by Gasteiger charge is 2.13. The number of nitrogens with zero attached hydrogens (tertiary/aromatic N) is 1. The summed E-state index contributed by atoms with van der Waals surface area (Å²) in [6.07, 6.45) is 1.72. The smallest absolute Gasteiger partial charge is 0.259 e. The molecule has 0 bridgehead atoms. The molecule has 2 N–H and O–H groups in total. The van der Waals surface area contributed by atoms with Crippen LogP contribution < -0.4 is 14.8 Å². The molecule has 0 unspecified atom stereocenters. The van der Waals surface area contributed by atoms with Crippen molar-refractivity contribution in [3.05, 3.63) is 84.6 Å². The summed E-state index contributed by atoms with van der Waals surface area (Å²) in [4.78, 5) is 12.7. The van der Waals surface area contributed by atoms with Gasteiger partial charge in [-0.25, -0.2) is 0 Å². The number of amides is 1. The van der Waals surface area contributed by atoms with Crippen molar-refractivity contribution in [2.24, 2.45) is 0 Å². The van der Waals surface area contributed by atoms with E-state index in [-0.39, 0.29) is 5.91 Å². The molecule has 0 aliphatic carbocycles. The average molecular weight is 373 g/mol. The number of hydrogen-bond donors (Lipinski definition) is 2. The Morgan fingerprint density at radius 3 is 2.61 bits per heavy atom. The number of carbonyl (C=O) groups excluding carboxylic acids is 1. The Hall–Kier alpha value is -3.80. The third-order valence-electron chi connectivity index (χ3n) is 4.18. The zero-order valence-corrected chi connectivity index (χ0v) is 15.1. The Balaban J connectivity index is 1.39. The summed E-state index contributed by atoms with van der Waals surface area (Å²) in [5, 5.41) is 10.7. The number of hydrogen-bond acceptors (Lipinski definition) is 4. The number of aromatic nitrogens is 2. The van der Waals surface area contributed by atoms with Crippen LogP contribution in [0.2, 0.25) is 0 Å². The van der Waals surface area contributed by atoms with Gasteiger partial charge in [-0.1, -0.05) is 30.3 Å². The first-order valence-electron chi connectivity index (χ1n) is 8.94. The second-order valence-electron chi connectivity index (χ2n) is 6.13. The van der Waals surface area contributed by atoms with E-state index in [1.165, 1.54) is 0 Å². The first-order valence-corrected chi connectivity index (χ1v) is 8.94. The molecule has 0 aliphatic rings. The van der Waals surface area contributed by atoms with E-state index in [1.54, 1.807) is 18.3 Å². The van der Waals surface area contributed by atoms with E-state index in [9.17, 15) is 4.79 Å². The number of fused-ring (bicyclic) bond motifs is 1. The largest absolute Gasteiger partial charge is 0.490 e. The number of nitrogens with one attached hydrogen (secondary N) is 2. The quantitative estimate of drug-likeness (QED) is 0.474. The molecule has 0 saturated carbocycles. The Morgan fingerprint density at radius 1 is 0.929 bits per heavy atom. The average Bonchev–Trinajstić information content (AvgIpc) is 3.20. The topological polar surface area (TPSA) is 76.2 Å². The summed E-state index contributed by atoms with van der Waals surface area (Å²) in [7, 11) is 0. The van der Waals surface area contributed by atoms with Crippen LogP contribution in [0.5, 0.6) is 11.5 Å². The van der Waals surface area contributed by atoms with E-state index in [2.05, 4.69) is 15.5 Å². The molecule has 0 spiro atoms. The lowest BCUT2D eigenvalue weighted by molar-refractivity contribution is 0.102. The summed E-state index contributed by atoms with van der Waals surface area (Å²) in [6.45, 7) is 0.720. The Labute approximate surface area is 162 Å². The van der Waals surface area contributed by atoms with Crippen molar-refractivity contribution in [2.45, 2.75) is 0 Å². The van der Waals surface area contributed by atoms with Gasteiger partial charge in [0.05, 0.1) is 17.3 Å². The molecule has 28 heavy (non-hydrogen) atoms. The van der Waals surface area contributed by atoms with Crippen molar-refractivity contribution in [1.82, 2.24) is 10.2 Å². The summed E-state index contributed by atoms with van der Waals surface area (Å²) < 4.78 is 11.4. The molecule has 0 atom stereocenters. The predicted molar refractivity (Wildman–Crippen MR) is 108 cm³/mol. The number of ether oxygens (including phenoxy) is 2. The number of anilines is 1. The monoisotopic (exact) mass is 373 g/mol. The maximum Gasteiger partial charge on any atom is 0.259 e. The first kappa shape index (κ1) is 17.6. The van der Waals surface area contributed by atoms with Gasteiger partial charge in [0.15, 0.2) is 0 Å². The molecule has 0 fully saturated rings. The number of aromatic amines is 1. The van der Waals surface area contributed by atoms with E-state index < -0.39 is 0 Å². The van der Waals surface area contributed by atoms with Gasteiger partial charge in [-0.15, -0.1) is 0 Å². The molecule has 4 rings (SSSR count). The summed E-state index contributed by atoms with van der Waals surface area (Å²) >= 11 is 0. The van der Waals surface area contributed by atoms with Crippen molar-refractivity contribution >= 4 is 22.5 Å². The lowest BCUT2D eigenvalue weighted by Gasteiger charge is -2.12. The summed E-state index contributed by atoms with van der Waals surface area (Å²) in [6, 6.07) is 22.3. The molecule has 1 heterocycles. The second-order valence-corrected chi connectivity index (χ2v) is 6.13. The minimum absolute atomic E-state index is 0.234. The Kier molecular flexibility index (Phi) is 5.20. The molecular weight excluding hydrogens is 354 g/mol. The molecule has 3 aromatic carbocycles. The van der Waals surface area contributed by atoms with Gasteiger partial charge in [0.25, 0.3) is 5.91 Å². The zero-order chi connectivity index (χ0) is 19.2. The van der Waals surface area contributed by atoms with Crippen LogP contribution in [0, 0.1) is 0 Å². The zero-order valence-electron chi connectivity index (χ0n) is 15.1. The van der Waals surface area contributed by atoms with Crippen molar-refractivity contribution in [3.8, 4) is 11.5 Å². The molecule has 4 aromatic rings. The minimum atomic E-state index is -0.234. The highest BCUT2D eigenvalue weighted by molar-refractivity contribution is 6.06. The number of H-pyrrole nitrogens is 1. The van der Waals surface area contributed by atoms with Crippen LogP contribution in [0.25, 0.3) is 10.9 Å². The molecule has 6 nitrogen and oxygen atoms in total. The lowest BCUT2D eigenvalue weighted by atomic mass is 10.1. The van der Waals surface area contributed by atoms with Gasteiger partial charge in [-0.05, 0) is 42.5 Å². The molecule has 1 aromatic heterocycles. The standard InChI is InChI=1S/C22H19N3O3/c26-22(24-17-10-11-20-16(14-17)15-23-25-20)19-8-4-5-9-21(19)28-13-12-27-18-6-2-1-3-7-18/h1-11,14-15H,12-13H2,(H,23,25)(H,24,26). The molecule has 1 amide bonds. The van der Waals surface area contributed by atoms with E-state index in [1.807, 2.05) is 60.7 Å². The molecule has 6 heteroatoms. The fourth-order valence-electron chi connectivity index (χ4n) is 2.83. The second kappa shape index (κ2) is 8.26. The number of rotatable bonds is 7. The van der Waals surface area contributed by atoms with Gasteiger partial charge in [-0.2, -0.15) is 5.10 Å². The Morgan fingerprint density at radius 2 is 1.71 bits per heavy atom. The molecular formula is C22H19N3O3. The van der Waals surface area contributed by atoms with Crippen molar-refractivity contribution in [2.75, 3.05) is 18.5 Å². The van der Waals surface area contributed by atoms with Gasteiger partial charge in [-0.3, -0.25) is 9.89 Å². The fourth-order valence-corrected chi connectivity index (χ4v) is 2.83. The van der Waals surface area contributed by atoms with Crippen LogP contribution in [0.4, 0.5) is 5.69 Å². The van der Waals surface area contributed by atoms with Crippen molar-refractivity contribution < 1.29 is 14.3 Å². The van der Waals surface area contributed by atoms with Gasteiger partial charge < -0.3 is 14.8 Å². The summed E-state index contributed by atoms with van der Waals surface area (Å²) in [5.41, 5.74) is 2.08. The van der Waals surface area contributed by atoms with E-state index >= 15 is 0 Å². The van der Waals surface area contributed by atoms with Gasteiger partial charge in [0.1, 0.15) is 24.7 Å². The van der Waals surface area contributed by atoms with Crippen molar-refractivity contribution in [3.63, 3.8) is 0 Å². The van der Waals surface area contributed by atoms with Crippen LogP contribution in [-0.4, -0.2) is 29.3 Å². The van der Waals surface area contributed by atoms with Crippen LogP contribution in [0.15, 0.2) is 79.0 Å². The van der Waals surface area contributed by atoms with Crippen LogP contribution in [-0.2, 0) is 0 Å². The van der Waals surface area contributed by atoms with Crippen LogP contribution >= 0.6 is 0 Å². The molecule has 140 valence electrons. The van der Waals surface area contributed by atoms with Gasteiger partial charge >= 0.3 is 0 Å². The lowest BCUT2D eigenvalue weighted by Crippen LogP contribution is -2.15.